The molecule has 11 heteroatoms. The number of amides is 3. The second kappa shape index (κ2) is 12.8. The van der Waals surface area contributed by atoms with Crippen molar-refractivity contribution < 1.29 is 24.3 Å². The number of carbonyl (C=O) groups excluding carboxylic acids is 3. The number of carboxylic acid groups (broad SMARTS) is 1. The first kappa shape index (κ1) is 28.2. The fourth-order valence-corrected chi connectivity index (χ4v) is 5.07. The zero-order chi connectivity index (χ0) is 27.9. The minimum Gasteiger partial charge on any atom is -0.480 e. The predicted octanol–water partition coefficient (Wildman–Crippen LogP) is 1.26. The van der Waals surface area contributed by atoms with Crippen LogP contribution >= 0.6 is 12.6 Å². The molecule has 0 aliphatic carbocycles. The maximum absolute atomic E-state index is 13.7. The number of fused-ring (bicyclic) bond motifs is 1. The molecule has 0 bridgehead atoms. The maximum Gasteiger partial charge on any atom is 0.326 e. The predicted molar refractivity (Wildman–Crippen MR) is 150 cm³/mol. The van der Waals surface area contributed by atoms with Gasteiger partial charge in [0.25, 0.3) is 0 Å². The Hall–Kier alpha value is -3.83. The molecule has 1 aliphatic rings. The smallest absolute Gasteiger partial charge is 0.326 e. The van der Waals surface area contributed by atoms with Gasteiger partial charge in [0.05, 0.1) is 6.04 Å². The number of hydrogen-bond acceptors (Lipinski definition) is 6. The van der Waals surface area contributed by atoms with Gasteiger partial charge < -0.3 is 31.4 Å². The van der Waals surface area contributed by atoms with E-state index in [1.807, 2.05) is 54.6 Å². The Morgan fingerprint density at radius 3 is 2.46 bits per heavy atom. The van der Waals surface area contributed by atoms with Gasteiger partial charge in [0.1, 0.15) is 18.1 Å². The average Bonchev–Trinajstić information content (AvgIpc) is 3.59. The van der Waals surface area contributed by atoms with Crippen LogP contribution in [-0.2, 0) is 32.0 Å². The summed E-state index contributed by atoms with van der Waals surface area (Å²) in [5.74, 6) is -2.52. The van der Waals surface area contributed by atoms with Crippen LogP contribution in [-0.4, -0.2) is 75.1 Å². The highest BCUT2D eigenvalue weighted by Crippen LogP contribution is 2.22. The number of benzene rings is 2. The molecule has 1 saturated heterocycles. The Kier molecular flexibility index (Phi) is 9.26. The molecule has 3 amide bonds. The van der Waals surface area contributed by atoms with Gasteiger partial charge in [-0.05, 0) is 30.0 Å². The van der Waals surface area contributed by atoms with Gasteiger partial charge in [-0.2, -0.15) is 12.6 Å². The van der Waals surface area contributed by atoms with Crippen LogP contribution in [0.15, 0.2) is 60.8 Å². The molecule has 0 saturated carbocycles. The highest BCUT2D eigenvalue weighted by Gasteiger charge is 2.39. The Morgan fingerprint density at radius 2 is 1.74 bits per heavy atom. The van der Waals surface area contributed by atoms with E-state index < -0.39 is 47.9 Å². The molecule has 2 aromatic carbocycles. The normalized spacial score (nSPS) is 17.4. The lowest BCUT2D eigenvalue weighted by molar-refractivity contribution is -0.144. The summed E-state index contributed by atoms with van der Waals surface area (Å²) in [6.07, 6.45) is 3.00. The fraction of sp³-hybridized carbons (Fsp3) is 0.357. The number of aromatic amines is 1. The quantitative estimate of drug-likeness (QED) is 0.197. The Bertz CT molecular complexity index is 1330. The summed E-state index contributed by atoms with van der Waals surface area (Å²) >= 11 is 4.07. The van der Waals surface area contributed by atoms with E-state index in [0.717, 1.165) is 22.0 Å². The van der Waals surface area contributed by atoms with Gasteiger partial charge in [-0.15, -0.1) is 0 Å². The Morgan fingerprint density at radius 1 is 1.03 bits per heavy atom. The van der Waals surface area contributed by atoms with E-state index in [2.05, 4.69) is 28.2 Å². The third-order valence-electron chi connectivity index (χ3n) is 6.98. The van der Waals surface area contributed by atoms with Crippen LogP contribution in [0.1, 0.15) is 24.0 Å². The number of likely N-dealkylation sites (tertiary alicyclic amines) is 1. The van der Waals surface area contributed by atoms with E-state index >= 15 is 0 Å². The largest absolute Gasteiger partial charge is 0.480 e. The first-order chi connectivity index (χ1) is 18.8. The highest BCUT2D eigenvalue weighted by molar-refractivity contribution is 7.80. The number of hydrogen-bond donors (Lipinski definition) is 6. The number of H-pyrrole nitrogens is 1. The number of aromatic nitrogens is 1. The van der Waals surface area contributed by atoms with Crippen molar-refractivity contribution in [3.05, 3.63) is 71.9 Å². The van der Waals surface area contributed by atoms with E-state index in [0.29, 0.717) is 19.4 Å². The molecule has 206 valence electrons. The molecule has 4 atom stereocenters. The number of thiol groups is 1. The number of rotatable bonds is 11. The second-order valence-corrected chi connectivity index (χ2v) is 10.1. The molecule has 3 aromatic rings. The Balaban J connectivity index is 1.49. The molecule has 6 N–H and O–H groups in total. The van der Waals surface area contributed by atoms with Crippen molar-refractivity contribution in [1.29, 1.82) is 0 Å². The SMILES string of the molecule is NC(CS)C(=O)NC(Cc1ccccc1)C(=O)N1CCCC1C(=O)NC(Cc1c[nH]c2ccccc12)C(=O)O. The number of para-hydroxylation sites is 1. The van der Waals surface area contributed by atoms with Crippen molar-refractivity contribution in [3.63, 3.8) is 0 Å². The van der Waals surface area contributed by atoms with Gasteiger partial charge in [-0.25, -0.2) is 4.79 Å². The molecule has 4 unspecified atom stereocenters. The van der Waals surface area contributed by atoms with E-state index in [1.165, 1.54) is 4.90 Å². The molecular weight excluding hydrogens is 518 g/mol. The fourth-order valence-electron chi connectivity index (χ4n) is 4.90. The number of nitrogens with zero attached hydrogens (tertiary/aromatic N) is 1. The van der Waals surface area contributed by atoms with Crippen molar-refractivity contribution in [1.82, 2.24) is 20.5 Å². The molecule has 1 aromatic heterocycles. The zero-order valence-electron chi connectivity index (χ0n) is 21.4. The van der Waals surface area contributed by atoms with Gasteiger partial charge in [0, 0.05) is 42.2 Å². The lowest BCUT2D eigenvalue weighted by Gasteiger charge is -2.30. The summed E-state index contributed by atoms with van der Waals surface area (Å²) in [5.41, 5.74) is 8.30. The molecular formula is C28H33N5O5S. The van der Waals surface area contributed by atoms with Gasteiger partial charge >= 0.3 is 5.97 Å². The summed E-state index contributed by atoms with van der Waals surface area (Å²) in [5, 5.41) is 16.1. The van der Waals surface area contributed by atoms with Gasteiger partial charge in [-0.1, -0.05) is 48.5 Å². The van der Waals surface area contributed by atoms with Crippen LogP contribution < -0.4 is 16.4 Å². The molecule has 0 radical (unpaired) electrons. The average molecular weight is 552 g/mol. The van der Waals surface area contributed by atoms with Crippen LogP contribution in [0.5, 0.6) is 0 Å². The molecule has 1 aliphatic heterocycles. The summed E-state index contributed by atoms with van der Waals surface area (Å²) in [6, 6.07) is 12.9. The van der Waals surface area contributed by atoms with Crippen molar-refractivity contribution in [3.8, 4) is 0 Å². The summed E-state index contributed by atoms with van der Waals surface area (Å²) in [6.45, 7) is 0.316. The maximum atomic E-state index is 13.7. The van der Waals surface area contributed by atoms with Crippen molar-refractivity contribution >= 4 is 47.2 Å². The van der Waals surface area contributed by atoms with Gasteiger partial charge in [-0.3, -0.25) is 14.4 Å². The van der Waals surface area contributed by atoms with Crippen LogP contribution in [0.25, 0.3) is 10.9 Å². The molecule has 4 rings (SSSR count). The lowest BCUT2D eigenvalue weighted by atomic mass is 10.0. The number of nitrogens with two attached hydrogens (primary N) is 1. The topological polar surface area (TPSA) is 158 Å². The minimum atomic E-state index is -1.18. The molecule has 1 fully saturated rings. The van der Waals surface area contributed by atoms with Crippen LogP contribution in [0.3, 0.4) is 0 Å². The van der Waals surface area contributed by atoms with Crippen molar-refractivity contribution in [2.75, 3.05) is 12.3 Å². The third-order valence-corrected chi connectivity index (χ3v) is 7.38. The van der Waals surface area contributed by atoms with Crippen LogP contribution in [0, 0.1) is 0 Å². The van der Waals surface area contributed by atoms with Crippen LogP contribution in [0.2, 0.25) is 0 Å². The van der Waals surface area contributed by atoms with E-state index in [4.69, 9.17) is 5.73 Å². The number of aliphatic carboxylic acids is 1. The second-order valence-electron chi connectivity index (χ2n) is 9.69. The first-order valence-electron chi connectivity index (χ1n) is 12.9. The molecule has 10 nitrogen and oxygen atoms in total. The number of carbonyl (C=O) groups is 4. The number of nitrogens with one attached hydrogen (secondary N) is 3. The summed E-state index contributed by atoms with van der Waals surface area (Å²) in [7, 11) is 0. The standard InChI is InChI=1S/C28H33N5O5S/c29-20(16-39)25(34)31-22(13-17-7-2-1-3-8-17)27(36)33-12-6-11-24(33)26(35)32-23(28(37)38)14-18-15-30-21-10-5-4-9-19(18)21/h1-5,7-10,15,20,22-24,30,39H,6,11-14,16,29H2,(H,31,34)(H,32,35)(H,37,38). The third kappa shape index (κ3) is 6.79. The number of carboxylic acids is 1. The van der Waals surface area contributed by atoms with Gasteiger partial charge in [0.15, 0.2) is 0 Å². The summed E-state index contributed by atoms with van der Waals surface area (Å²) in [4.78, 5) is 56.2. The van der Waals surface area contributed by atoms with Crippen LogP contribution in [0.4, 0.5) is 0 Å². The van der Waals surface area contributed by atoms with E-state index in [9.17, 15) is 24.3 Å². The van der Waals surface area contributed by atoms with Crippen molar-refractivity contribution in [2.45, 2.75) is 49.9 Å². The first-order valence-corrected chi connectivity index (χ1v) is 13.5. The summed E-state index contributed by atoms with van der Waals surface area (Å²) < 4.78 is 0. The Labute approximate surface area is 231 Å². The van der Waals surface area contributed by atoms with Crippen molar-refractivity contribution in [2.24, 2.45) is 5.73 Å². The zero-order valence-corrected chi connectivity index (χ0v) is 22.3. The lowest BCUT2D eigenvalue weighted by Crippen LogP contribution is -2.57. The molecule has 2 heterocycles. The molecule has 39 heavy (non-hydrogen) atoms. The van der Waals surface area contributed by atoms with E-state index in [-0.39, 0.29) is 18.6 Å². The van der Waals surface area contributed by atoms with Gasteiger partial charge in [0.2, 0.25) is 17.7 Å². The monoisotopic (exact) mass is 551 g/mol. The minimum absolute atomic E-state index is 0.0834. The van der Waals surface area contributed by atoms with E-state index in [1.54, 1.807) is 6.20 Å². The highest BCUT2D eigenvalue weighted by atomic mass is 32.1. The molecule has 0 spiro atoms.